The van der Waals surface area contributed by atoms with E-state index < -0.39 is 0 Å². The van der Waals surface area contributed by atoms with Crippen molar-refractivity contribution in [2.75, 3.05) is 6.61 Å². The molecule has 1 aliphatic rings. The highest BCUT2D eigenvalue weighted by Gasteiger charge is 2.16. The third-order valence-corrected chi connectivity index (χ3v) is 3.38. The van der Waals surface area contributed by atoms with E-state index in [0.717, 1.165) is 30.9 Å². The average Bonchev–Trinajstić information content (AvgIpc) is 2.86. The van der Waals surface area contributed by atoms with Crippen molar-refractivity contribution in [2.45, 2.75) is 38.2 Å². The van der Waals surface area contributed by atoms with Crippen LogP contribution >= 0.6 is 11.3 Å². The zero-order chi connectivity index (χ0) is 10.5. The van der Waals surface area contributed by atoms with Crippen molar-refractivity contribution in [3.05, 3.63) is 16.6 Å². The Morgan fingerprint density at radius 1 is 1.67 bits per heavy atom. The molecule has 2 heterocycles. The normalized spacial score (nSPS) is 20.7. The first-order valence-corrected chi connectivity index (χ1v) is 6.24. The molecule has 0 amide bonds. The number of hydrogen-bond donors (Lipinski definition) is 0. The highest BCUT2D eigenvalue weighted by Crippen LogP contribution is 2.17. The highest BCUT2D eigenvalue weighted by atomic mass is 32.1. The van der Waals surface area contributed by atoms with E-state index in [1.165, 1.54) is 0 Å². The number of carbonyl (C=O) groups excluding carboxylic acids is 1. The highest BCUT2D eigenvalue weighted by molar-refractivity contribution is 7.09. The molecule has 1 aliphatic heterocycles. The van der Waals surface area contributed by atoms with Gasteiger partial charge in [0.05, 0.1) is 17.5 Å². The summed E-state index contributed by atoms with van der Waals surface area (Å²) >= 11 is 1.55. The number of thiazole rings is 1. The van der Waals surface area contributed by atoms with Gasteiger partial charge in [-0.3, -0.25) is 4.79 Å². The second-order valence-corrected chi connectivity index (χ2v) is 4.79. The van der Waals surface area contributed by atoms with Gasteiger partial charge >= 0.3 is 0 Å². The molecule has 0 bridgehead atoms. The summed E-state index contributed by atoms with van der Waals surface area (Å²) in [5, 5.41) is 2.83. The zero-order valence-electron chi connectivity index (χ0n) is 8.65. The first-order valence-electron chi connectivity index (χ1n) is 5.36. The van der Waals surface area contributed by atoms with Crippen molar-refractivity contribution in [3.63, 3.8) is 0 Å². The Bertz CT molecular complexity index is 304. The molecule has 0 N–H and O–H groups in total. The fourth-order valence-electron chi connectivity index (χ4n) is 1.79. The van der Waals surface area contributed by atoms with Gasteiger partial charge in [-0.2, -0.15) is 0 Å². The van der Waals surface area contributed by atoms with Crippen molar-refractivity contribution < 1.29 is 9.53 Å². The molecule has 4 heteroatoms. The summed E-state index contributed by atoms with van der Waals surface area (Å²) in [6.45, 7) is 0.866. The van der Waals surface area contributed by atoms with E-state index in [4.69, 9.17) is 4.74 Å². The monoisotopic (exact) mass is 225 g/mol. The van der Waals surface area contributed by atoms with E-state index in [1.54, 1.807) is 17.5 Å². The van der Waals surface area contributed by atoms with Crippen LogP contribution in [0.4, 0.5) is 0 Å². The molecule has 1 aromatic heterocycles. The summed E-state index contributed by atoms with van der Waals surface area (Å²) in [5.74, 6) is 0.278. The van der Waals surface area contributed by atoms with Crippen LogP contribution in [0.2, 0.25) is 0 Å². The van der Waals surface area contributed by atoms with Gasteiger partial charge in [0.25, 0.3) is 0 Å². The lowest BCUT2D eigenvalue weighted by Gasteiger charge is -2.07. The van der Waals surface area contributed by atoms with Crippen molar-refractivity contribution in [1.82, 2.24) is 4.98 Å². The van der Waals surface area contributed by atoms with Crippen LogP contribution in [-0.4, -0.2) is 23.5 Å². The summed E-state index contributed by atoms with van der Waals surface area (Å²) in [7, 11) is 0. The number of aromatic nitrogens is 1. The fraction of sp³-hybridized carbons (Fsp3) is 0.636. The number of nitrogens with zero attached hydrogens (tertiary/aromatic N) is 1. The van der Waals surface area contributed by atoms with Crippen LogP contribution < -0.4 is 0 Å². The largest absolute Gasteiger partial charge is 0.378 e. The molecule has 0 saturated carbocycles. The molecule has 82 valence electrons. The van der Waals surface area contributed by atoms with Gasteiger partial charge in [-0.15, -0.1) is 11.3 Å². The van der Waals surface area contributed by atoms with Crippen LogP contribution in [0.15, 0.2) is 11.6 Å². The molecule has 2 rings (SSSR count). The number of Topliss-reactive ketones (excluding diaryl/α,β-unsaturated/α-hetero) is 1. The van der Waals surface area contributed by atoms with Gasteiger partial charge in [0.2, 0.25) is 0 Å². The van der Waals surface area contributed by atoms with Gasteiger partial charge in [0.15, 0.2) is 0 Å². The number of hydrogen-bond acceptors (Lipinski definition) is 4. The lowest BCUT2D eigenvalue weighted by molar-refractivity contribution is -0.119. The third-order valence-electron chi connectivity index (χ3n) is 2.60. The van der Waals surface area contributed by atoms with E-state index in [0.29, 0.717) is 18.9 Å². The second-order valence-electron chi connectivity index (χ2n) is 3.81. The van der Waals surface area contributed by atoms with Crippen LogP contribution in [0.25, 0.3) is 0 Å². The lowest BCUT2D eigenvalue weighted by atomic mass is 10.1. The van der Waals surface area contributed by atoms with Gasteiger partial charge in [-0.25, -0.2) is 4.98 Å². The minimum Gasteiger partial charge on any atom is -0.378 e. The molecule has 15 heavy (non-hydrogen) atoms. The Morgan fingerprint density at radius 3 is 3.27 bits per heavy atom. The number of ether oxygens (including phenoxy) is 1. The van der Waals surface area contributed by atoms with E-state index in [-0.39, 0.29) is 5.78 Å². The first-order chi connectivity index (χ1) is 7.34. The zero-order valence-corrected chi connectivity index (χ0v) is 9.46. The summed E-state index contributed by atoms with van der Waals surface area (Å²) in [6, 6.07) is 0. The van der Waals surface area contributed by atoms with Gasteiger partial charge < -0.3 is 4.74 Å². The maximum atomic E-state index is 11.6. The van der Waals surface area contributed by atoms with E-state index in [9.17, 15) is 4.79 Å². The molecular weight excluding hydrogens is 210 g/mol. The van der Waals surface area contributed by atoms with Crippen molar-refractivity contribution in [3.8, 4) is 0 Å². The van der Waals surface area contributed by atoms with Crippen molar-refractivity contribution in [2.24, 2.45) is 0 Å². The first kappa shape index (κ1) is 10.8. The van der Waals surface area contributed by atoms with Crippen molar-refractivity contribution >= 4 is 17.1 Å². The molecule has 1 saturated heterocycles. The minimum atomic E-state index is 0.278. The van der Waals surface area contributed by atoms with Crippen LogP contribution in [0.5, 0.6) is 0 Å². The second kappa shape index (κ2) is 5.37. The Kier molecular flexibility index (Phi) is 3.86. The van der Waals surface area contributed by atoms with E-state index in [1.807, 2.05) is 5.38 Å². The summed E-state index contributed by atoms with van der Waals surface area (Å²) in [6.07, 6.45) is 6.33. The van der Waals surface area contributed by atoms with Gasteiger partial charge in [0.1, 0.15) is 5.78 Å². The van der Waals surface area contributed by atoms with E-state index >= 15 is 0 Å². The van der Waals surface area contributed by atoms with Gasteiger partial charge in [-0.05, 0) is 19.3 Å². The third kappa shape index (κ3) is 3.39. The Hall–Kier alpha value is -0.740. The predicted octanol–water partition coefficient (Wildman–Crippen LogP) is 2.21. The average molecular weight is 225 g/mol. The topological polar surface area (TPSA) is 39.2 Å². The predicted molar refractivity (Wildman–Crippen MR) is 59.0 cm³/mol. The van der Waals surface area contributed by atoms with Crippen LogP contribution in [0, 0.1) is 0 Å². The summed E-state index contributed by atoms with van der Waals surface area (Å²) in [5.41, 5.74) is 0. The molecule has 1 fully saturated rings. The molecule has 0 aromatic carbocycles. The SMILES string of the molecule is O=C(CCC1CCCO1)Cc1nccs1. The van der Waals surface area contributed by atoms with Crippen molar-refractivity contribution in [1.29, 1.82) is 0 Å². The number of ketones is 1. The molecule has 0 spiro atoms. The maximum absolute atomic E-state index is 11.6. The Balaban J connectivity index is 1.68. The standard InChI is InChI=1S/C11H15NO2S/c13-9(8-11-12-5-7-15-11)3-4-10-2-1-6-14-10/h5,7,10H,1-4,6,8H2. The molecule has 1 unspecified atom stereocenters. The lowest BCUT2D eigenvalue weighted by Crippen LogP contribution is -2.10. The molecule has 1 aromatic rings. The Labute approximate surface area is 93.5 Å². The number of rotatable bonds is 5. The minimum absolute atomic E-state index is 0.278. The maximum Gasteiger partial charge on any atom is 0.139 e. The van der Waals surface area contributed by atoms with Crippen LogP contribution in [-0.2, 0) is 16.0 Å². The van der Waals surface area contributed by atoms with Gasteiger partial charge in [-0.1, -0.05) is 0 Å². The summed E-state index contributed by atoms with van der Waals surface area (Å²) in [4.78, 5) is 15.7. The summed E-state index contributed by atoms with van der Waals surface area (Å²) < 4.78 is 5.47. The molecule has 0 radical (unpaired) electrons. The Morgan fingerprint density at radius 2 is 2.60 bits per heavy atom. The quantitative estimate of drug-likeness (QED) is 0.771. The smallest absolute Gasteiger partial charge is 0.139 e. The van der Waals surface area contributed by atoms with E-state index in [2.05, 4.69) is 4.98 Å². The molecule has 0 aliphatic carbocycles. The molecule has 3 nitrogen and oxygen atoms in total. The number of carbonyl (C=O) groups is 1. The molecule has 1 atom stereocenters. The van der Waals surface area contributed by atoms with Crippen LogP contribution in [0.1, 0.15) is 30.7 Å². The van der Waals surface area contributed by atoms with Crippen LogP contribution in [0.3, 0.4) is 0 Å². The van der Waals surface area contributed by atoms with Gasteiger partial charge in [0, 0.05) is 24.6 Å². The molecular formula is C11H15NO2S. The fourth-order valence-corrected chi connectivity index (χ4v) is 2.44.